The molecule has 1 saturated heterocycles. The highest BCUT2D eigenvalue weighted by atomic mass is 16.5. The number of methoxy groups -OCH3 is 1. The summed E-state index contributed by atoms with van der Waals surface area (Å²) in [6.45, 7) is 1.93. The van der Waals surface area contributed by atoms with Crippen LogP contribution in [0, 0.1) is 0 Å². The van der Waals surface area contributed by atoms with Gasteiger partial charge < -0.3 is 15.0 Å². The molecule has 0 bridgehead atoms. The summed E-state index contributed by atoms with van der Waals surface area (Å²) in [5.41, 5.74) is 1.68. The molecule has 5 nitrogen and oxygen atoms in total. The number of ether oxygens (including phenoxy) is 1. The second kappa shape index (κ2) is 5.54. The molecule has 0 amide bonds. The number of imidazole rings is 1. The summed E-state index contributed by atoms with van der Waals surface area (Å²) in [4.78, 5) is 15.1. The lowest BCUT2D eigenvalue weighted by molar-refractivity contribution is 0.361. The van der Waals surface area contributed by atoms with Crippen LogP contribution in [-0.4, -0.2) is 29.8 Å². The van der Waals surface area contributed by atoms with Gasteiger partial charge in [0, 0.05) is 17.8 Å². The molecule has 1 aliphatic rings. The molecule has 20 heavy (non-hydrogen) atoms. The van der Waals surface area contributed by atoms with Crippen LogP contribution in [0.3, 0.4) is 0 Å². The van der Waals surface area contributed by atoms with Crippen molar-refractivity contribution < 1.29 is 4.74 Å². The summed E-state index contributed by atoms with van der Waals surface area (Å²) in [5.74, 6) is 0.770. The first kappa shape index (κ1) is 13.0. The topological polar surface area (TPSA) is 59.0 Å². The molecule has 0 atom stereocenters. The molecule has 0 radical (unpaired) electrons. The van der Waals surface area contributed by atoms with Crippen molar-refractivity contribution in [3.8, 4) is 17.0 Å². The van der Waals surface area contributed by atoms with Gasteiger partial charge in [-0.15, -0.1) is 0 Å². The Hall–Kier alpha value is -2.01. The zero-order chi connectivity index (χ0) is 13.9. The van der Waals surface area contributed by atoms with Crippen LogP contribution < -0.4 is 15.7 Å². The van der Waals surface area contributed by atoms with Crippen LogP contribution >= 0.6 is 0 Å². The third-order valence-electron chi connectivity index (χ3n) is 3.84. The quantitative estimate of drug-likeness (QED) is 0.896. The number of nitrogens with one attached hydrogen (secondary N) is 2. The third-order valence-corrected chi connectivity index (χ3v) is 3.84. The van der Waals surface area contributed by atoms with Gasteiger partial charge in [-0.05, 0) is 38.1 Å². The van der Waals surface area contributed by atoms with Crippen LogP contribution in [0.5, 0.6) is 5.75 Å². The fraction of sp³-hybridized carbons (Fsp3) is 0.400. The molecular formula is C15H19N3O2. The maximum absolute atomic E-state index is 12.2. The lowest BCUT2D eigenvalue weighted by Gasteiger charge is -2.22. The average molecular weight is 273 g/mol. The van der Waals surface area contributed by atoms with Gasteiger partial charge in [-0.2, -0.15) is 0 Å². The number of aromatic amines is 1. The van der Waals surface area contributed by atoms with Crippen molar-refractivity contribution in [1.29, 1.82) is 0 Å². The van der Waals surface area contributed by atoms with Crippen molar-refractivity contribution in [1.82, 2.24) is 14.9 Å². The van der Waals surface area contributed by atoms with Crippen LogP contribution in [0.25, 0.3) is 11.3 Å². The average Bonchev–Trinajstić information content (AvgIpc) is 2.90. The lowest BCUT2D eigenvalue weighted by Crippen LogP contribution is -2.32. The van der Waals surface area contributed by atoms with Gasteiger partial charge in [0.2, 0.25) is 0 Å². The maximum Gasteiger partial charge on any atom is 0.326 e. The van der Waals surface area contributed by atoms with Gasteiger partial charge >= 0.3 is 5.69 Å². The van der Waals surface area contributed by atoms with E-state index in [-0.39, 0.29) is 11.7 Å². The van der Waals surface area contributed by atoms with Crippen LogP contribution in [0.15, 0.2) is 35.3 Å². The van der Waals surface area contributed by atoms with Crippen LogP contribution in [0.1, 0.15) is 18.9 Å². The molecule has 3 rings (SSSR count). The third kappa shape index (κ3) is 2.36. The molecule has 0 unspecified atom stereocenters. The molecule has 2 aromatic rings. The normalized spacial score (nSPS) is 16.2. The summed E-state index contributed by atoms with van der Waals surface area (Å²) in [5, 5.41) is 3.32. The number of piperidine rings is 1. The molecular weight excluding hydrogens is 254 g/mol. The summed E-state index contributed by atoms with van der Waals surface area (Å²) in [7, 11) is 1.64. The first-order chi connectivity index (χ1) is 9.79. The van der Waals surface area contributed by atoms with Crippen molar-refractivity contribution in [2.24, 2.45) is 0 Å². The first-order valence-corrected chi connectivity index (χ1v) is 6.95. The molecule has 5 heteroatoms. The summed E-state index contributed by atoms with van der Waals surface area (Å²) in [6.07, 6.45) is 3.89. The van der Waals surface area contributed by atoms with Crippen molar-refractivity contribution in [2.45, 2.75) is 18.9 Å². The highest BCUT2D eigenvalue weighted by Gasteiger charge is 2.18. The number of nitrogens with zero attached hydrogens (tertiary/aromatic N) is 1. The van der Waals surface area contributed by atoms with Gasteiger partial charge in [0.1, 0.15) is 5.75 Å². The van der Waals surface area contributed by atoms with E-state index >= 15 is 0 Å². The van der Waals surface area contributed by atoms with Crippen LogP contribution in [0.2, 0.25) is 0 Å². The van der Waals surface area contributed by atoms with E-state index in [9.17, 15) is 4.79 Å². The summed E-state index contributed by atoms with van der Waals surface area (Å²) < 4.78 is 7.18. The predicted molar refractivity (Wildman–Crippen MR) is 78.2 cm³/mol. The summed E-state index contributed by atoms with van der Waals surface area (Å²) in [6, 6.07) is 8.00. The van der Waals surface area contributed by atoms with E-state index in [1.54, 1.807) is 7.11 Å². The second-order valence-electron chi connectivity index (χ2n) is 5.06. The largest absolute Gasteiger partial charge is 0.496 e. The van der Waals surface area contributed by atoms with E-state index in [1.807, 2.05) is 35.0 Å². The van der Waals surface area contributed by atoms with E-state index in [4.69, 9.17) is 4.74 Å². The molecule has 1 fully saturated rings. The minimum atomic E-state index is -0.0437. The van der Waals surface area contributed by atoms with Crippen molar-refractivity contribution >= 4 is 0 Å². The van der Waals surface area contributed by atoms with E-state index in [2.05, 4.69) is 10.3 Å². The number of para-hydroxylation sites is 1. The standard InChI is InChI=1S/C15H19N3O2/c1-20-14-5-3-2-4-12(14)13-10-18(15(19)17-13)11-6-8-16-9-7-11/h2-5,10-11,16H,6-9H2,1H3,(H,17,19). The van der Waals surface area contributed by atoms with Gasteiger partial charge in [-0.25, -0.2) is 4.79 Å². The number of aromatic nitrogens is 2. The van der Waals surface area contributed by atoms with Crippen LogP contribution in [-0.2, 0) is 0 Å². The molecule has 0 spiro atoms. The number of hydrogen-bond donors (Lipinski definition) is 2. The molecule has 2 heterocycles. The van der Waals surface area contributed by atoms with Gasteiger partial charge in [0.25, 0.3) is 0 Å². The predicted octanol–water partition coefficient (Wildman–Crippen LogP) is 1.78. The highest BCUT2D eigenvalue weighted by Crippen LogP contribution is 2.28. The van der Waals surface area contributed by atoms with E-state index in [0.717, 1.165) is 42.9 Å². The van der Waals surface area contributed by atoms with Crippen LogP contribution in [0.4, 0.5) is 0 Å². The van der Waals surface area contributed by atoms with E-state index in [1.165, 1.54) is 0 Å². The fourth-order valence-electron chi connectivity index (χ4n) is 2.77. The molecule has 1 aromatic heterocycles. The lowest BCUT2D eigenvalue weighted by atomic mass is 10.1. The Labute approximate surface area is 117 Å². The number of H-pyrrole nitrogens is 1. The van der Waals surface area contributed by atoms with E-state index in [0.29, 0.717) is 0 Å². The zero-order valence-electron chi connectivity index (χ0n) is 11.6. The van der Waals surface area contributed by atoms with Crippen molar-refractivity contribution in [3.63, 3.8) is 0 Å². The number of hydrogen-bond acceptors (Lipinski definition) is 3. The van der Waals surface area contributed by atoms with Gasteiger partial charge in [0.05, 0.1) is 12.8 Å². The monoisotopic (exact) mass is 273 g/mol. The Bertz CT molecular complexity index is 639. The van der Waals surface area contributed by atoms with Crippen molar-refractivity contribution in [2.75, 3.05) is 20.2 Å². The Morgan fingerprint density at radius 3 is 2.75 bits per heavy atom. The minimum absolute atomic E-state index is 0.0437. The number of rotatable bonds is 3. The highest BCUT2D eigenvalue weighted by molar-refractivity contribution is 5.66. The Morgan fingerprint density at radius 1 is 1.25 bits per heavy atom. The minimum Gasteiger partial charge on any atom is -0.496 e. The second-order valence-corrected chi connectivity index (χ2v) is 5.06. The molecule has 0 saturated carbocycles. The fourth-order valence-corrected chi connectivity index (χ4v) is 2.77. The van der Waals surface area contributed by atoms with E-state index < -0.39 is 0 Å². The molecule has 1 aromatic carbocycles. The van der Waals surface area contributed by atoms with Gasteiger partial charge in [-0.1, -0.05) is 12.1 Å². The molecule has 2 N–H and O–H groups in total. The van der Waals surface area contributed by atoms with Gasteiger partial charge in [-0.3, -0.25) is 4.57 Å². The Morgan fingerprint density at radius 2 is 2.00 bits per heavy atom. The maximum atomic E-state index is 12.2. The zero-order valence-corrected chi connectivity index (χ0v) is 11.6. The summed E-state index contributed by atoms with van der Waals surface area (Å²) >= 11 is 0. The van der Waals surface area contributed by atoms with Crippen molar-refractivity contribution in [3.05, 3.63) is 40.9 Å². The Balaban J connectivity index is 1.97. The number of benzene rings is 1. The van der Waals surface area contributed by atoms with Gasteiger partial charge in [0.15, 0.2) is 0 Å². The molecule has 1 aliphatic heterocycles. The molecule has 0 aliphatic carbocycles. The molecule has 106 valence electrons. The first-order valence-electron chi connectivity index (χ1n) is 6.95. The smallest absolute Gasteiger partial charge is 0.326 e. The Kier molecular flexibility index (Phi) is 3.60. The SMILES string of the molecule is COc1ccccc1-c1cn(C2CCNCC2)c(=O)[nH]1.